The van der Waals surface area contributed by atoms with Crippen LogP contribution in [0.15, 0.2) is 30.3 Å². The maximum atomic E-state index is 11.8. The molecule has 0 aliphatic rings. The number of para-hydroxylation sites is 1. The van der Waals surface area contributed by atoms with Crippen LogP contribution in [0.2, 0.25) is 0 Å². The van der Waals surface area contributed by atoms with Crippen LogP contribution in [0, 0.1) is 0 Å². The van der Waals surface area contributed by atoms with Crippen LogP contribution < -0.4 is 9.03 Å². The van der Waals surface area contributed by atoms with Crippen LogP contribution in [0.5, 0.6) is 0 Å². The van der Waals surface area contributed by atoms with E-state index >= 15 is 0 Å². The van der Waals surface area contributed by atoms with Gasteiger partial charge in [0.05, 0.1) is 11.9 Å². The van der Waals surface area contributed by atoms with E-state index in [1.165, 1.54) is 14.1 Å². The molecule has 0 aliphatic heterocycles. The Hall–Kier alpha value is -1.16. The van der Waals surface area contributed by atoms with Crippen molar-refractivity contribution in [3.8, 4) is 0 Å². The monoisotopic (exact) mass is 321 g/mol. The molecule has 1 aromatic rings. The van der Waals surface area contributed by atoms with Gasteiger partial charge in [0.2, 0.25) is 10.0 Å². The Morgan fingerprint density at radius 3 is 2.05 bits per heavy atom. The van der Waals surface area contributed by atoms with E-state index in [2.05, 4.69) is 4.72 Å². The van der Waals surface area contributed by atoms with Gasteiger partial charge in [0.1, 0.15) is 0 Å². The first-order valence-electron chi connectivity index (χ1n) is 5.84. The van der Waals surface area contributed by atoms with E-state index < -0.39 is 20.2 Å². The number of benzene rings is 1. The third-order valence-corrected chi connectivity index (χ3v) is 5.25. The van der Waals surface area contributed by atoms with Gasteiger partial charge in [-0.1, -0.05) is 18.2 Å². The zero-order chi connectivity index (χ0) is 15.4. The van der Waals surface area contributed by atoms with Crippen molar-refractivity contribution in [3.05, 3.63) is 30.3 Å². The summed E-state index contributed by atoms with van der Waals surface area (Å²) in [4.78, 5) is 0. The van der Waals surface area contributed by atoms with E-state index in [1.807, 2.05) is 0 Å². The van der Waals surface area contributed by atoms with Crippen molar-refractivity contribution in [3.63, 3.8) is 0 Å². The normalized spacial score (nSPS) is 12.6. The molecule has 0 atom stereocenters. The minimum absolute atomic E-state index is 0.0114. The molecule has 0 spiro atoms. The Labute approximate surface area is 120 Å². The molecular formula is C11H19N3O4S2. The van der Waals surface area contributed by atoms with Crippen LogP contribution in [-0.4, -0.2) is 54.6 Å². The molecule has 0 aromatic heterocycles. The summed E-state index contributed by atoms with van der Waals surface area (Å²) < 4.78 is 51.1. The molecule has 0 saturated carbocycles. The Balaban J connectivity index is 2.80. The van der Waals surface area contributed by atoms with Crippen LogP contribution in [0.4, 0.5) is 5.69 Å². The van der Waals surface area contributed by atoms with Crippen LogP contribution in [0.25, 0.3) is 0 Å². The number of hydrogen-bond donors (Lipinski definition) is 1. The minimum Gasteiger partial charge on any atom is -0.269 e. The molecule has 0 aliphatic carbocycles. The third kappa shape index (κ3) is 4.75. The lowest BCUT2D eigenvalue weighted by atomic mass is 10.3. The summed E-state index contributed by atoms with van der Waals surface area (Å²) in [6.07, 6.45) is 1.08. The summed E-state index contributed by atoms with van der Waals surface area (Å²) in [7, 11) is -4.24. The van der Waals surface area contributed by atoms with Gasteiger partial charge in [-0.3, -0.25) is 4.31 Å². The minimum atomic E-state index is -3.56. The van der Waals surface area contributed by atoms with Gasteiger partial charge in [-0.05, 0) is 12.1 Å². The molecule has 0 amide bonds. The average Bonchev–Trinajstić information content (AvgIpc) is 2.34. The molecule has 0 fully saturated rings. The van der Waals surface area contributed by atoms with E-state index in [4.69, 9.17) is 0 Å². The SMILES string of the molecule is CN(C)S(=O)(=O)NCCN(c1ccccc1)S(C)(=O)=O. The van der Waals surface area contributed by atoms with Crippen molar-refractivity contribution < 1.29 is 16.8 Å². The molecule has 0 saturated heterocycles. The molecule has 20 heavy (non-hydrogen) atoms. The first-order valence-corrected chi connectivity index (χ1v) is 9.13. The maximum absolute atomic E-state index is 11.8. The van der Waals surface area contributed by atoms with Gasteiger partial charge in [-0.2, -0.15) is 12.7 Å². The Bertz CT molecular complexity index is 627. The van der Waals surface area contributed by atoms with Gasteiger partial charge in [0.15, 0.2) is 0 Å². The van der Waals surface area contributed by atoms with Crippen LogP contribution >= 0.6 is 0 Å². The predicted octanol–water partition coefficient (Wildman–Crippen LogP) is -0.151. The van der Waals surface area contributed by atoms with E-state index in [0.29, 0.717) is 5.69 Å². The molecule has 114 valence electrons. The highest BCUT2D eigenvalue weighted by atomic mass is 32.2. The lowest BCUT2D eigenvalue weighted by molar-refractivity contribution is 0.506. The second-order valence-electron chi connectivity index (χ2n) is 4.35. The molecule has 1 aromatic carbocycles. The van der Waals surface area contributed by atoms with Crippen LogP contribution in [-0.2, 0) is 20.2 Å². The highest BCUT2D eigenvalue weighted by Gasteiger charge is 2.18. The van der Waals surface area contributed by atoms with Gasteiger partial charge >= 0.3 is 0 Å². The molecule has 0 heterocycles. The third-order valence-electron chi connectivity index (χ3n) is 2.52. The lowest BCUT2D eigenvalue weighted by Crippen LogP contribution is -2.42. The Morgan fingerprint density at radius 2 is 1.60 bits per heavy atom. The second kappa shape index (κ2) is 6.53. The first kappa shape index (κ1) is 16.9. The standard InChI is InChI=1S/C11H19N3O4S2/c1-13(2)20(17,18)12-9-10-14(19(3,15)16)11-7-5-4-6-8-11/h4-8,12H,9-10H2,1-3H3. The summed E-state index contributed by atoms with van der Waals surface area (Å²) in [5, 5.41) is 0. The van der Waals surface area contributed by atoms with Gasteiger partial charge in [0.25, 0.3) is 10.2 Å². The summed E-state index contributed by atoms with van der Waals surface area (Å²) in [6, 6.07) is 8.52. The van der Waals surface area contributed by atoms with Gasteiger partial charge in [-0.15, -0.1) is 0 Å². The smallest absolute Gasteiger partial charge is 0.269 e. The fourth-order valence-electron chi connectivity index (χ4n) is 1.49. The summed E-state index contributed by atoms with van der Waals surface area (Å²) in [6.45, 7) is 0.0123. The zero-order valence-corrected chi connectivity index (χ0v) is 13.3. The Morgan fingerprint density at radius 1 is 1.05 bits per heavy atom. The van der Waals surface area contributed by atoms with E-state index in [9.17, 15) is 16.8 Å². The summed E-state index contributed by atoms with van der Waals surface area (Å²) in [5.74, 6) is 0. The molecule has 0 radical (unpaired) electrons. The number of hydrogen-bond acceptors (Lipinski definition) is 4. The topological polar surface area (TPSA) is 86.8 Å². The molecule has 0 bridgehead atoms. The Kier molecular flexibility index (Phi) is 5.51. The molecule has 0 unspecified atom stereocenters. The van der Waals surface area contributed by atoms with Gasteiger partial charge < -0.3 is 0 Å². The lowest BCUT2D eigenvalue weighted by Gasteiger charge is -2.23. The van der Waals surface area contributed by atoms with Crippen molar-refractivity contribution in [1.82, 2.24) is 9.03 Å². The summed E-state index contributed by atoms with van der Waals surface area (Å²) >= 11 is 0. The van der Waals surface area contributed by atoms with Crippen LogP contribution in [0.3, 0.4) is 0 Å². The van der Waals surface area contributed by atoms with Crippen molar-refractivity contribution in [2.75, 3.05) is 37.7 Å². The first-order chi connectivity index (χ1) is 9.14. The quantitative estimate of drug-likeness (QED) is 0.756. The fourth-order valence-corrected chi connectivity index (χ4v) is 3.02. The van der Waals surface area contributed by atoms with Crippen molar-refractivity contribution >= 4 is 25.9 Å². The zero-order valence-electron chi connectivity index (χ0n) is 11.6. The molecule has 7 nitrogen and oxygen atoms in total. The highest BCUT2D eigenvalue weighted by molar-refractivity contribution is 7.92. The number of nitrogens with zero attached hydrogens (tertiary/aromatic N) is 2. The van der Waals surface area contributed by atoms with Crippen molar-refractivity contribution in [2.45, 2.75) is 0 Å². The number of rotatable bonds is 7. The summed E-state index contributed by atoms with van der Waals surface area (Å²) in [5.41, 5.74) is 0.499. The highest BCUT2D eigenvalue weighted by Crippen LogP contribution is 2.15. The van der Waals surface area contributed by atoms with Crippen LogP contribution in [0.1, 0.15) is 0 Å². The maximum Gasteiger partial charge on any atom is 0.278 e. The second-order valence-corrected chi connectivity index (χ2v) is 8.23. The van der Waals surface area contributed by atoms with E-state index in [0.717, 1.165) is 14.9 Å². The number of nitrogens with one attached hydrogen (secondary N) is 1. The molecule has 1 rings (SSSR count). The van der Waals surface area contributed by atoms with Crippen molar-refractivity contribution in [1.29, 1.82) is 0 Å². The fraction of sp³-hybridized carbons (Fsp3) is 0.455. The number of sulfonamides is 1. The number of anilines is 1. The van der Waals surface area contributed by atoms with E-state index in [1.54, 1.807) is 30.3 Å². The largest absolute Gasteiger partial charge is 0.278 e. The van der Waals surface area contributed by atoms with Gasteiger partial charge in [0, 0.05) is 27.2 Å². The molecule has 1 N–H and O–H groups in total. The van der Waals surface area contributed by atoms with Gasteiger partial charge in [-0.25, -0.2) is 13.1 Å². The van der Waals surface area contributed by atoms with E-state index in [-0.39, 0.29) is 13.1 Å². The van der Waals surface area contributed by atoms with Crippen molar-refractivity contribution in [2.24, 2.45) is 0 Å². The predicted molar refractivity (Wildman–Crippen MR) is 79.2 cm³/mol. The average molecular weight is 321 g/mol. The molecule has 9 heteroatoms. The molecular weight excluding hydrogens is 302 g/mol.